The fourth-order valence-corrected chi connectivity index (χ4v) is 4.49. The predicted molar refractivity (Wildman–Crippen MR) is 125 cm³/mol. The average Bonchev–Trinajstić information content (AvgIpc) is 3.45. The van der Waals surface area contributed by atoms with E-state index < -0.39 is 0 Å². The second-order valence-electron chi connectivity index (χ2n) is 9.27. The highest BCUT2D eigenvalue weighted by atomic mass is 16.2. The molecule has 166 valence electrons. The minimum Gasteiger partial charge on any atom is -0.355 e. The van der Waals surface area contributed by atoms with Crippen LogP contribution in [0.25, 0.3) is 0 Å². The lowest BCUT2D eigenvalue weighted by Crippen LogP contribution is -2.42. The SMILES string of the molecule is CNC(=O)c1cc(C)c(C[C@@H](CNC(=O)C2CC2(C)c2ccccc2)N(C)C)c(C)c1. The summed E-state index contributed by atoms with van der Waals surface area (Å²) >= 11 is 0. The van der Waals surface area contributed by atoms with Gasteiger partial charge in [0, 0.05) is 36.5 Å². The van der Waals surface area contributed by atoms with E-state index in [2.05, 4.69) is 48.4 Å². The fourth-order valence-electron chi connectivity index (χ4n) is 4.49. The molecule has 1 saturated carbocycles. The molecule has 2 unspecified atom stereocenters. The number of rotatable bonds is 8. The maximum atomic E-state index is 12.9. The van der Waals surface area contributed by atoms with Crippen LogP contribution in [0.3, 0.4) is 0 Å². The Morgan fingerprint density at radius 3 is 2.29 bits per heavy atom. The van der Waals surface area contributed by atoms with Gasteiger partial charge in [-0.05, 0) is 75.2 Å². The van der Waals surface area contributed by atoms with E-state index in [1.54, 1.807) is 7.05 Å². The molecule has 2 aromatic carbocycles. The summed E-state index contributed by atoms with van der Waals surface area (Å²) in [4.78, 5) is 27.0. The normalized spacial score (nSPS) is 20.9. The van der Waals surface area contributed by atoms with Crippen molar-refractivity contribution in [1.82, 2.24) is 15.5 Å². The van der Waals surface area contributed by atoms with Gasteiger partial charge in [-0.15, -0.1) is 0 Å². The third-order valence-corrected chi connectivity index (χ3v) is 6.85. The molecule has 0 aromatic heterocycles. The van der Waals surface area contributed by atoms with Gasteiger partial charge < -0.3 is 15.5 Å². The zero-order valence-corrected chi connectivity index (χ0v) is 19.6. The molecule has 1 fully saturated rings. The number of hydrogen-bond donors (Lipinski definition) is 2. The number of hydrogen-bond acceptors (Lipinski definition) is 3. The maximum Gasteiger partial charge on any atom is 0.251 e. The van der Waals surface area contributed by atoms with Crippen molar-refractivity contribution in [1.29, 1.82) is 0 Å². The van der Waals surface area contributed by atoms with Crippen molar-refractivity contribution in [3.05, 3.63) is 70.3 Å². The first-order valence-electron chi connectivity index (χ1n) is 11.0. The molecule has 3 atom stereocenters. The van der Waals surface area contributed by atoms with Crippen LogP contribution in [0.4, 0.5) is 0 Å². The first kappa shape index (κ1) is 23.0. The summed E-state index contributed by atoms with van der Waals surface area (Å²) in [5.41, 5.74) is 5.32. The summed E-state index contributed by atoms with van der Waals surface area (Å²) in [7, 11) is 5.74. The average molecular weight is 422 g/mol. The van der Waals surface area contributed by atoms with Crippen molar-refractivity contribution >= 4 is 11.8 Å². The molecule has 0 heterocycles. The van der Waals surface area contributed by atoms with Crippen molar-refractivity contribution in [3.63, 3.8) is 0 Å². The second kappa shape index (κ2) is 9.23. The van der Waals surface area contributed by atoms with Gasteiger partial charge in [0.25, 0.3) is 5.91 Å². The lowest BCUT2D eigenvalue weighted by atomic mass is 9.93. The van der Waals surface area contributed by atoms with Crippen molar-refractivity contribution < 1.29 is 9.59 Å². The summed E-state index contributed by atoms with van der Waals surface area (Å²) in [6, 6.07) is 14.4. The second-order valence-corrected chi connectivity index (χ2v) is 9.27. The smallest absolute Gasteiger partial charge is 0.251 e. The van der Waals surface area contributed by atoms with E-state index in [-0.39, 0.29) is 29.2 Å². The summed E-state index contributed by atoms with van der Waals surface area (Å²) in [6.45, 7) is 6.88. The monoisotopic (exact) mass is 421 g/mol. The van der Waals surface area contributed by atoms with E-state index in [0.29, 0.717) is 12.1 Å². The highest BCUT2D eigenvalue weighted by Crippen LogP contribution is 2.53. The molecule has 2 N–H and O–H groups in total. The number of carbonyl (C=O) groups excluding carboxylic acids is 2. The van der Waals surface area contributed by atoms with Gasteiger partial charge in [-0.3, -0.25) is 9.59 Å². The van der Waals surface area contributed by atoms with Crippen LogP contribution >= 0.6 is 0 Å². The molecule has 5 heteroatoms. The Morgan fingerprint density at radius 2 is 1.74 bits per heavy atom. The van der Waals surface area contributed by atoms with Gasteiger partial charge in [-0.2, -0.15) is 0 Å². The largest absolute Gasteiger partial charge is 0.355 e. The molecule has 0 saturated heterocycles. The van der Waals surface area contributed by atoms with Crippen LogP contribution in [0.15, 0.2) is 42.5 Å². The number of nitrogens with zero attached hydrogens (tertiary/aromatic N) is 1. The van der Waals surface area contributed by atoms with Gasteiger partial charge in [0.1, 0.15) is 0 Å². The molecule has 3 rings (SSSR count). The van der Waals surface area contributed by atoms with Crippen LogP contribution in [0.2, 0.25) is 0 Å². The third kappa shape index (κ3) is 4.99. The van der Waals surface area contributed by atoms with Crippen molar-refractivity contribution in [3.8, 4) is 0 Å². The molecule has 1 aliphatic rings. The molecular formula is C26H35N3O2. The van der Waals surface area contributed by atoms with Crippen LogP contribution in [0.5, 0.6) is 0 Å². The molecular weight excluding hydrogens is 386 g/mol. The minimum atomic E-state index is -0.0694. The topological polar surface area (TPSA) is 61.4 Å². The van der Waals surface area contributed by atoms with E-state index in [0.717, 1.165) is 24.0 Å². The molecule has 0 radical (unpaired) electrons. The fraction of sp³-hybridized carbons (Fsp3) is 0.462. The summed E-state index contributed by atoms with van der Waals surface area (Å²) in [6.07, 6.45) is 1.72. The predicted octanol–water partition coefficient (Wildman–Crippen LogP) is 3.23. The van der Waals surface area contributed by atoms with Crippen molar-refractivity contribution in [2.75, 3.05) is 27.7 Å². The van der Waals surface area contributed by atoms with Crippen molar-refractivity contribution in [2.24, 2.45) is 5.92 Å². The van der Waals surface area contributed by atoms with Gasteiger partial charge in [0.05, 0.1) is 0 Å². The zero-order chi connectivity index (χ0) is 22.8. The lowest BCUT2D eigenvalue weighted by Gasteiger charge is -2.26. The summed E-state index contributed by atoms with van der Waals surface area (Å²) < 4.78 is 0. The van der Waals surface area contributed by atoms with Crippen LogP contribution in [-0.4, -0.2) is 50.4 Å². The van der Waals surface area contributed by atoms with E-state index in [4.69, 9.17) is 0 Å². The van der Waals surface area contributed by atoms with Gasteiger partial charge in [0.2, 0.25) is 5.91 Å². The van der Waals surface area contributed by atoms with Crippen LogP contribution < -0.4 is 10.6 Å². The van der Waals surface area contributed by atoms with Crippen LogP contribution in [0, 0.1) is 19.8 Å². The first-order chi connectivity index (χ1) is 14.7. The van der Waals surface area contributed by atoms with E-state index in [1.807, 2.05) is 44.4 Å². The molecule has 2 amide bonds. The Balaban J connectivity index is 1.65. The van der Waals surface area contributed by atoms with Crippen LogP contribution in [0.1, 0.15) is 46.0 Å². The van der Waals surface area contributed by atoms with E-state index >= 15 is 0 Å². The molecule has 5 nitrogen and oxygen atoms in total. The minimum absolute atomic E-state index is 0.0352. The molecule has 0 bridgehead atoms. The van der Waals surface area contributed by atoms with Gasteiger partial charge in [-0.25, -0.2) is 0 Å². The third-order valence-electron chi connectivity index (χ3n) is 6.85. The molecule has 31 heavy (non-hydrogen) atoms. The highest BCUT2D eigenvalue weighted by Gasteiger charge is 2.55. The van der Waals surface area contributed by atoms with E-state index in [1.165, 1.54) is 11.1 Å². The Morgan fingerprint density at radius 1 is 1.13 bits per heavy atom. The summed E-state index contributed by atoms with van der Waals surface area (Å²) in [5, 5.41) is 5.89. The van der Waals surface area contributed by atoms with E-state index in [9.17, 15) is 9.59 Å². The Labute approximate surface area is 186 Å². The standard InChI is InChI=1S/C26H35N3O2/c1-17-12-19(24(30)27-4)13-18(2)22(17)14-21(29(5)6)16-28-25(31)23-15-26(23,3)20-10-8-7-9-11-20/h7-13,21,23H,14-16H2,1-6H3,(H,27,30)(H,28,31)/t21-,23?,26?/m0/s1. The van der Waals surface area contributed by atoms with Gasteiger partial charge in [0.15, 0.2) is 0 Å². The quantitative estimate of drug-likeness (QED) is 0.688. The molecule has 0 spiro atoms. The Kier molecular flexibility index (Phi) is 6.85. The lowest BCUT2D eigenvalue weighted by molar-refractivity contribution is -0.122. The Hall–Kier alpha value is -2.66. The van der Waals surface area contributed by atoms with Gasteiger partial charge >= 0.3 is 0 Å². The molecule has 2 aromatic rings. The number of benzene rings is 2. The van der Waals surface area contributed by atoms with Crippen molar-refractivity contribution in [2.45, 2.75) is 45.1 Å². The number of amides is 2. The molecule has 1 aliphatic carbocycles. The number of carbonyl (C=O) groups is 2. The zero-order valence-electron chi connectivity index (χ0n) is 19.6. The number of aryl methyl sites for hydroxylation is 2. The van der Waals surface area contributed by atoms with Gasteiger partial charge in [-0.1, -0.05) is 37.3 Å². The highest BCUT2D eigenvalue weighted by molar-refractivity contribution is 5.94. The van der Waals surface area contributed by atoms with Crippen LogP contribution in [-0.2, 0) is 16.6 Å². The number of nitrogens with one attached hydrogen (secondary N) is 2. The molecule has 0 aliphatic heterocycles. The Bertz CT molecular complexity index is 931. The summed E-state index contributed by atoms with van der Waals surface area (Å²) in [5.74, 6) is 0.106. The first-order valence-corrected chi connectivity index (χ1v) is 11.0. The maximum absolute atomic E-state index is 12.9. The number of likely N-dealkylation sites (N-methyl/N-ethyl adjacent to an activating group) is 1.